The van der Waals surface area contributed by atoms with E-state index in [-0.39, 0.29) is 5.91 Å². The number of piperazine rings is 1. The number of ether oxygens (including phenoxy) is 1. The molecule has 4 heterocycles. The summed E-state index contributed by atoms with van der Waals surface area (Å²) in [4.78, 5) is 21.3. The maximum atomic E-state index is 12.6. The number of fused-ring (bicyclic) bond motifs is 1. The number of rotatable bonds is 7. The first-order valence-electron chi connectivity index (χ1n) is 9.88. The zero-order valence-electron chi connectivity index (χ0n) is 16.6. The van der Waals surface area contributed by atoms with Crippen LogP contribution in [0.5, 0.6) is 5.88 Å². The highest BCUT2D eigenvalue weighted by molar-refractivity contribution is 5.76. The van der Waals surface area contributed by atoms with E-state index in [1.807, 2.05) is 23.2 Å². The predicted octanol–water partition coefficient (Wildman–Crippen LogP) is 0.847. The second-order valence-corrected chi connectivity index (χ2v) is 7.06. The molecule has 1 amide bonds. The number of nitrogens with zero attached hydrogens (tertiary/aromatic N) is 7. The maximum absolute atomic E-state index is 12.6. The van der Waals surface area contributed by atoms with Crippen LogP contribution >= 0.6 is 0 Å². The normalized spacial score (nSPS) is 15.0. The van der Waals surface area contributed by atoms with Crippen LogP contribution in [0.1, 0.15) is 17.9 Å². The van der Waals surface area contributed by atoms with Gasteiger partial charge in [-0.1, -0.05) is 6.07 Å². The van der Waals surface area contributed by atoms with Crippen molar-refractivity contribution in [3.63, 3.8) is 0 Å². The molecule has 0 bridgehead atoms. The Morgan fingerprint density at radius 3 is 2.69 bits per heavy atom. The van der Waals surface area contributed by atoms with Crippen molar-refractivity contribution in [2.24, 2.45) is 0 Å². The maximum Gasteiger partial charge on any atom is 0.231 e. The number of methoxy groups -OCH3 is 1. The van der Waals surface area contributed by atoms with E-state index in [0.717, 1.165) is 44.8 Å². The lowest BCUT2D eigenvalue weighted by atomic mass is 10.2. The summed E-state index contributed by atoms with van der Waals surface area (Å²) in [5, 5.41) is 12.6. The fourth-order valence-electron chi connectivity index (χ4n) is 3.50. The number of carbonyl (C=O) groups excluding carboxylic acids is 1. The molecule has 0 atom stereocenters. The van der Waals surface area contributed by atoms with E-state index in [2.05, 4.69) is 31.2 Å². The summed E-state index contributed by atoms with van der Waals surface area (Å²) in [7, 11) is 1.57. The van der Waals surface area contributed by atoms with Gasteiger partial charge in [0.1, 0.15) is 0 Å². The van der Waals surface area contributed by atoms with Gasteiger partial charge >= 0.3 is 0 Å². The quantitative estimate of drug-likeness (QED) is 0.586. The molecule has 9 heteroatoms. The second-order valence-electron chi connectivity index (χ2n) is 7.06. The van der Waals surface area contributed by atoms with Crippen molar-refractivity contribution >= 4 is 11.6 Å². The van der Waals surface area contributed by atoms with E-state index in [1.54, 1.807) is 23.8 Å². The molecule has 29 heavy (non-hydrogen) atoms. The van der Waals surface area contributed by atoms with E-state index >= 15 is 0 Å². The smallest absolute Gasteiger partial charge is 0.231 e. The fourth-order valence-corrected chi connectivity index (χ4v) is 3.50. The SMILES string of the molecule is COc1ccc2nnc(CCC(=O)N3CCN(CCc4ccccn4)CC3)n2n1. The molecule has 1 saturated heterocycles. The Labute approximate surface area is 169 Å². The number of hydrogen-bond acceptors (Lipinski definition) is 7. The van der Waals surface area contributed by atoms with E-state index in [9.17, 15) is 4.79 Å². The van der Waals surface area contributed by atoms with Gasteiger partial charge in [0.15, 0.2) is 11.5 Å². The third-order valence-electron chi connectivity index (χ3n) is 5.21. The van der Waals surface area contributed by atoms with Crippen molar-refractivity contribution < 1.29 is 9.53 Å². The van der Waals surface area contributed by atoms with Crippen molar-refractivity contribution in [1.29, 1.82) is 0 Å². The number of aromatic nitrogens is 5. The highest BCUT2D eigenvalue weighted by Crippen LogP contribution is 2.11. The van der Waals surface area contributed by atoms with Crippen molar-refractivity contribution in [3.05, 3.63) is 48.0 Å². The van der Waals surface area contributed by atoms with Gasteiger partial charge in [-0.05, 0) is 18.2 Å². The Bertz CT molecular complexity index is 952. The number of amides is 1. The van der Waals surface area contributed by atoms with Crippen LogP contribution in [0, 0.1) is 0 Å². The summed E-state index contributed by atoms with van der Waals surface area (Å²) in [6, 6.07) is 9.55. The van der Waals surface area contributed by atoms with Gasteiger partial charge in [0, 0.05) is 69.9 Å². The number of aryl methyl sites for hydroxylation is 1. The monoisotopic (exact) mass is 395 g/mol. The molecule has 1 aliphatic heterocycles. The molecule has 0 radical (unpaired) electrons. The van der Waals surface area contributed by atoms with Gasteiger partial charge in [0.25, 0.3) is 0 Å². The van der Waals surface area contributed by atoms with Crippen molar-refractivity contribution in [3.8, 4) is 5.88 Å². The van der Waals surface area contributed by atoms with Crippen LogP contribution in [0.2, 0.25) is 0 Å². The van der Waals surface area contributed by atoms with Gasteiger partial charge in [-0.25, -0.2) is 0 Å². The van der Waals surface area contributed by atoms with Crippen molar-refractivity contribution in [2.45, 2.75) is 19.3 Å². The van der Waals surface area contributed by atoms with Gasteiger partial charge < -0.3 is 9.64 Å². The lowest BCUT2D eigenvalue weighted by Gasteiger charge is -2.34. The van der Waals surface area contributed by atoms with Crippen LogP contribution in [-0.2, 0) is 17.6 Å². The molecular weight excluding hydrogens is 370 g/mol. The molecule has 152 valence electrons. The molecule has 0 aromatic carbocycles. The molecule has 3 aromatic heterocycles. The topological polar surface area (TPSA) is 88.8 Å². The highest BCUT2D eigenvalue weighted by Gasteiger charge is 2.21. The Morgan fingerprint density at radius 2 is 1.93 bits per heavy atom. The number of pyridine rings is 1. The first-order valence-corrected chi connectivity index (χ1v) is 9.88. The molecule has 1 aliphatic rings. The van der Waals surface area contributed by atoms with Crippen LogP contribution in [0.4, 0.5) is 0 Å². The lowest BCUT2D eigenvalue weighted by Crippen LogP contribution is -2.49. The third-order valence-corrected chi connectivity index (χ3v) is 5.21. The molecule has 9 nitrogen and oxygen atoms in total. The zero-order chi connectivity index (χ0) is 20.1. The predicted molar refractivity (Wildman–Crippen MR) is 107 cm³/mol. The molecule has 4 rings (SSSR count). The highest BCUT2D eigenvalue weighted by atomic mass is 16.5. The van der Waals surface area contributed by atoms with E-state index in [0.29, 0.717) is 30.2 Å². The van der Waals surface area contributed by atoms with Gasteiger partial charge in [-0.2, -0.15) is 4.52 Å². The Balaban J connectivity index is 1.25. The standard InChI is InChI=1S/C20H25N7O2/c1-29-19-7-5-17-22-23-18(27(17)24-19)6-8-20(28)26-14-12-25(13-15-26)11-9-16-4-2-3-10-21-16/h2-5,7,10H,6,8-9,11-15H2,1H3. The summed E-state index contributed by atoms with van der Waals surface area (Å²) >= 11 is 0. The minimum absolute atomic E-state index is 0.147. The summed E-state index contributed by atoms with van der Waals surface area (Å²) in [6.45, 7) is 4.27. The molecule has 0 spiro atoms. The van der Waals surface area contributed by atoms with Crippen LogP contribution in [-0.4, -0.2) is 80.3 Å². The van der Waals surface area contributed by atoms with Crippen LogP contribution in [0.15, 0.2) is 36.5 Å². The molecule has 3 aromatic rings. The summed E-state index contributed by atoms with van der Waals surface area (Å²) < 4.78 is 6.79. The van der Waals surface area contributed by atoms with Crippen molar-refractivity contribution in [2.75, 3.05) is 39.8 Å². The van der Waals surface area contributed by atoms with Gasteiger partial charge in [0.2, 0.25) is 11.8 Å². The average molecular weight is 395 g/mol. The lowest BCUT2D eigenvalue weighted by molar-refractivity contribution is -0.132. The molecular formula is C20H25N7O2. The first-order chi connectivity index (χ1) is 14.2. The summed E-state index contributed by atoms with van der Waals surface area (Å²) in [5.74, 6) is 1.31. The minimum Gasteiger partial charge on any atom is -0.480 e. The van der Waals surface area contributed by atoms with E-state index in [4.69, 9.17) is 4.74 Å². The summed E-state index contributed by atoms with van der Waals surface area (Å²) in [6.07, 6.45) is 3.66. The third kappa shape index (κ3) is 4.68. The van der Waals surface area contributed by atoms with Gasteiger partial charge in [-0.3, -0.25) is 14.7 Å². The van der Waals surface area contributed by atoms with Crippen LogP contribution < -0.4 is 4.74 Å². The van der Waals surface area contributed by atoms with E-state index in [1.165, 1.54) is 0 Å². The summed E-state index contributed by atoms with van der Waals surface area (Å²) in [5.41, 5.74) is 1.76. The largest absolute Gasteiger partial charge is 0.480 e. The molecule has 0 saturated carbocycles. The molecule has 1 fully saturated rings. The van der Waals surface area contributed by atoms with E-state index < -0.39 is 0 Å². The van der Waals surface area contributed by atoms with Crippen LogP contribution in [0.3, 0.4) is 0 Å². The first kappa shape index (κ1) is 19.3. The second kappa shape index (κ2) is 8.95. The van der Waals surface area contributed by atoms with Gasteiger partial charge in [0.05, 0.1) is 7.11 Å². The minimum atomic E-state index is 0.147. The molecule has 0 unspecified atom stereocenters. The zero-order valence-corrected chi connectivity index (χ0v) is 16.6. The Kier molecular flexibility index (Phi) is 5.95. The average Bonchev–Trinajstić information content (AvgIpc) is 3.19. The molecule has 0 aliphatic carbocycles. The number of hydrogen-bond donors (Lipinski definition) is 0. The van der Waals surface area contributed by atoms with Crippen molar-refractivity contribution in [1.82, 2.24) is 34.6 Å². The van der Waals surface area contributed by atoms with Crippen LogP contribution in [0.25, 0.3) is 5.65 Å². The number of carbonyl (C=O) groups is 1. The molecule has 0 N–H and O–H groups in total. The Hall–Kier alpha value is -3.07. The Morgan fingerprint density at radius 1 is 1.07 bits per heavy atom. The fraction of sp³-hybridized carbons (Fsp3) is 0.450. The van der Waals surface area contributed by atoms with Gasteiger partial charge in [-0.15, -0.1) is 15.3 Å².